The largest absolute Gasteiger partial charge is 0.439 e. The SMILES string of the molecule is Cc1noc(C)c1C1CCCN1c1nc2cc(-c3noc(=O)[nH]3)nc(-c3cncc(Cl)c3)c2n1C[C@H]1CC[C@H](C)CC1. The van der Waals surface area contributed by atoms with E-state index in [0.717, 1.165) is 71.4 Å². The fourth-order valence-electron chi connectivity index (χ4n) is 6.78. The van der Waals surface area contributed by atoms with Crippen molar-refractivity contribution in [1.82, 2.24) is 34.8 Å². The third-order valence-corrected chi connectivity index (χ3v) is 9.08. The molecule has 0 radical (unpaired) electrons. The molecule has 2 aliphatic rings. The van der Waals surface area contributed by atoms with Gasteiger partial charge in [-0.1, -0.05) is 41.7 Å². The summed E-state index contributed by atoms with van der Waals surface area (Å²) in [7, 11) is 0. The summed E-state index contributed by atoms with van der Waals surface area (Å²) >= 11 is 6.42. The lowest BCUT2D eigenvalue weighted by atomic mass is 9.83. The van der Waals surface area contributed by atoms with Gasteiger partial charge in [-0.2, -0.15) is 0 Å². The summed E-state index contributed by atoms with van der Waals surface area (Å²) in [4.78, 5) is 31.5. The number of fused-ring (bicyclic) bond motifs is 1. The summed E-state index contributed by atoms with van der Waals surface area (Å²) in [6.07, 6.45) is 10.2. The van der Waals surface area contributed by atoms with Crippen LogP contribution in [0.2, 0.25) is 5.02 Å². The fraction of sp³-hybridized carbons (Fsp3) is 0.467. The van der Waals surface area contributed by atoms with Crippen LogP contribution in [0.5, 0.6) is 0 Å². The predicted molar refractivity (Wildman–Crippen MR) is 158 cm³/mol. The third-order valence-electron chi connectivity index (χ3n) is 8.87. The van der Waals surface area contributed by atoms with Crippen molar-refractivity contribution < 1.29 is 9.05 Å². The molecule has 1 atom stereocenters. The molecular weight excluding hydrogens is 556 g/mol. The van der Waals surface area contributed by atoms with Crippen LogP contribution in [0, 0.1) is 25.7 Å². The number of aromatic nitrogens is 7. The first kappa shape index (κ1) is 26.9. The van der Waals surface area contributed by atoms with Gasteiger partial charge in [0.25, 0.3) is 0 Å². The number of rotatable bonds is 6. The van der Waals surface area contributed by atoms with E-state index in [1.807, 2.05) is 26.0 Å². The van der Waals surface area contributed by atoms with Crippen molar-refractivity contribution in [2.24, 2.45) is 11.8 Å². The van der Waals surface area contributed by atoms with Crippen molar-refractivity contribution in [2.45, 2.75) is 71.9 Å². The summed E-state index contributed by atoms with van der Waals surface area (Å²) < 4.78 is 12.8. The van der Waals surface area contributed by atoms with Gasteiger partial charge in [0.2, 0.25) is 11.8 Å². The maximum atomic E-state index is 11.8. The molecule has 218 valence electrons. The molecule has 0 spiro atoms. The molecule has 0 amide bonds. The van der Waals surface area contributed by atoms with Gasteiger partial charge in [-0.25, -0.2) is 14.8 Å². The van der Waals surface area contributed by atoms with E-state index in [4.69, 9.17) is 30.6 Å². The van der Waals surface area contributed by atoms with E-state index in [1.165, 1.54) is 25.7 Å². The van der Waals surface area contributed by atoms with Crippen LogP contribution >= 0.6 is 11.6 Å². The standard InChI is InChI=1S/C30H33ClN8O3/c1-16-6-8-19(9-7-16)15-39-27-22(34-29(39)38-10-4-5-24(38)25-17(2)36-41-18(25)3)12-23(28-35-30(40)42-37-28)33-26(27)20-11-21(31)14-32-13-20/h11-14,16,19,24H,4-10,15H2,1-3H3,(H,35,37,40)/t16-,19-,24?. The van der Waals surface area contributed by atoms with Crippen molar-refractivity contribution in [2.75, 3.05) is 11.4 Å². The summed E-state index contributed by atoms with van der Waals surface area (Å²) in [5.41, 5.74) is 5.60. The van der Waals surface area contributed by atoms with Gasteiger partial charge in [-0.15, -0.1) is 0 Å². The number of imidazole rings is 1. The van der Waals surface area contributed by atoms with Crippen LogP contribution in [0.15, 0.2) is 38.4 Å². The summed E-state index contributed by atoms with van der Waals surface area (Å²) in [5.74, 6) is 2.62. The molecule has 1 saturated heterocycles. The Labute approximate surface area is 247 Å². The zero-order valence-electron chi connectivity index (χ0n) is 23.9. The van der Waals surface area contributed by atoms with Gasteiger partial charge in [0, 0.05) is 36.6 Å². The first-order chi connectivity index (χ1) is 20.4. The van der Waals surface area contributed by atoms with Gasteiger partial charge in [0.05, 0.1) is 33.5 Å². The Morgan fingerprint density at radius 3 is 2.60 bits per heavy atom. The average molecular weight is 589 g/mol. The molecule has 1 saturated carbocycles. The third kappa shape index (κ3) is 4.79. The van der Waals surface area contributed by atoms with E-state index < -0.39 is 5.76 Å². The number of H-pyrrole nitrogens is 1. The van der Waals surface area contributed by atoms with Crippen molar-refractivity contribution in [1.29, 1.82) is 0 Å². The number of nitrogens with zero attached hydrogens (tertiary/aromatic N) is 7. The molecule has 2 fully saturated rings. The van der Waals surface area contributed by atoms with Crippen molar-refractivity contribution in [3.63, 3.8) is 0 Å². The summed E-state index contributed by atoms with van der Waals surface area (Å²) in [6, 6.07) is 3.83. The van der Waals surface area contributed by atoms with E-state index in [0.29, 0.717) is 22.3 Å². The molecule has 5 aromatic heterocycles. The van der Waals surface area contributed by atoms with Gasteiger partial charge in [0.1, 0.15) is 11.5 Å². The molecule has 0 aromatic carbocycles. The Bertz CT molecular complexity index is 1790. The normalized spacial score (nSPS) is 21.0. The Morgan fingerprint density at radius 1 is 1.05 bits per heavy atom. The average Bonchev–Trinajstić information content (AvgIpc) is 3.76. The molecular formula is C30H33ClN8O3. The van der Waals surface area contributed by atoms with E-state index in [1.54, 1.807) is 12.4 Å². The maximum absolute atomic E-state index is 11.8. The molecule has 1 N–H and O–H groups in total. The van der Waals surface area contributed by atoms with E-state index in [9.17, 15) is 4.79 Å². The van der Waals surface area contributed by atoms with Crippen molar-refractivity contribution >= 4 is 28.6 Å². The van der Waals surface area contributed by atoms with Gasteiger partial charge < -0.3 is 14.0 Å². The molecule has 1 unspecified atom stereocenters. The lowest BCUT2D eigenvalue weighted by Gasteiger charge is -2.30. The van der Waals surface area contributed by atoms with Gasteiger partial charge in [-0.3, -0.25) is 14.5 Å². The highest BCUT2D eigenvalue weighted by molar-refractivity contribution is 6.30. The van der Waals surface area contributed by atoms with Crippen LogP contribution in [-0.4, -0.2) is 41.4 Å². The van der Waals surface area contributed by atoms with Crippen LogP contribution in [0.1, 0.15) is 68.5 Å². The highest BCUT2D eigenvalue weighted by Gasteiger charge is 2.35. The molecule has 7 rings (SSSR count). The predicted octanol–water partition coefficient (Wildman–Crippen LogP) is 6.26. The molecule has 12 heteroatoms. The number of halogens is 1. The van der Waals surface area contributed by atoms with Gasteiger partial charge >= 0.3 is 5.76 Å². The topological polar surface area (TPSA) is 132 Å². The van der Waals surface area contributed by atoms with Crippen LogP contribution in [-0.2, 0) is 6.54 Å². The molecule has 1 aliphatic carbocycles. The van der Waals surface area contributed by atoms with Gasteiger partial charge in [0.15, 0.2) is 0 Å². The highest BCUT2D eigenvalue weighted by Crippen LogP contribution is 2.42. The van der Waals surface area contributed by atoms with E-state index >= 15 is 0 Å². The number of pyridine rings is 2. The maximum Gasteiger partial charge on any atom is 0.439 e. The molecule has 0 bridgehead atoms. The minimum absolute atomic E-state index is 0.105. The zero-order valence-corrected chi connectivity index (χ0v) is 24.7. The second kappa shape index (κ2) is 10.7. The molecule has 42 heavy (non-hydrogen) atoms. The quantitative estimate of drug-likeness (QED) is 0.244. The van der Waals surface area contributed by atoms with Crippen LogP contribution < -0.4 is 10.7 Å². The van der Waals surface area contributed by atoms with Crippen LogP contribution in [0.3, 0.4) is 0 Å². The fourth-order valence-corrected chi connectivity index (χ4v) is 6.96. The number of hydrogen-bond acceptors (Lipinski definition) is 9. The zero-order chi connectivity index (χ0) is 29.0. The number of nitrogens with one attached hydrogen (secondary N) is 1. The Balaban J connectivity index is 1.46. The summed E-state index contributed by atoms with van der Waals surface area (Å²) in [5, 5.41) is 8.68. The molecule has 1 aliphatic heterocycles. The molecule has 11 nitrogen and oxygen atoms in total. The van der Waals surface area contributed by atoms with E-state index in [2.05, 4.69) is 36.7 Å². The Hall–Kier alpha value is -3.99. The lowest BCUT2D eigenvalue weighted by molar-refractivity contribution is 0.266. The lowest BCUT2D eigenvalue weighted by Crippen LogP contribution is -2.28. The number of aryl methyl sites for hydroxylation is 2. The van der Waals surface area contributed by atoms with Crippen molar-refractivity contribution in [3.8, 4) is 22.8 Å². The van der Waals surface area contributed by atoms with Crippen LogP contribution in [0.4, 0.5) is 5.95 Å². The molecule has 5 aromatic rings. The van der Waals surface area contributed by atoms with Gasteiger partial charge in [-0.05, 0) is 63.5 Å². The second-order valence-corrected chi connectivity index (χ2v) is 12.2. The van der Waals surface area contributed by atoms with E-state index in [-0.39, 0.29) is 11.9 Å². The van der Waals surface area contributed by atoms with Crippen molar-refractivity contribution in [3.05, 3.63) is 57.1 Å². The second-order valence-electron chi connectivity index (χ2n) is 11.8. The Morgan fingerprint density at radius 2 is 1.88 bits per heavy atom. The molecule has 6 heterocycles. The monoisotopic (exact) mass is 588 g/mol. The smallest absolute Gasteiger partial charge is 0.361 e. The summed E-state index contributed by atoms with van der Waals surface area (Å²) in [6.45, 7) is 8.03. The first-order valence-electron chi connectivity index (χ1n) is 14.6. The number of hydrogen-bond donors (Lipinski definition) is 1. The minimum Gasteiger partial charge on any atom is -0.361 e. The number of anilines is 1. The Kier molecular flexibility index (Phi) is 6.84. The minimum atomic E-state index is -0.644. The first-order valence-corrected chi connectivity index (χ1v) is 15.0. The highest BCUT2D eigenvalue weighted by atomic mass is 35.5. The van der Waals surface area contributed by atoms with Crippen LogP contribution in [0.25, 0.3) is 33.8 Å². The number of aromatic amines is 1.